The van der Waals surface area contributed by atoms with Crippen LogP contribution in [0.2, 0.25) is 0 Å². The highest BCUT2D eigenvalue weighted by atomic mass is 31.2. The average Bonchev–Trinajstić information content (AvgIpc) is 3.15. The first-order valence-corrected chi connectivity index (χ1v) is 25.0. The first kappa shape index (κ1) is 58.3. The third kappa shape index (κ3) is 55.2. The second-order valence-electron chi connectivity index (χ2n) is 15.3. The number of likely N-dealkylation sites (N-methyl/N-ethyl adjacent to an activating group) is 1. The Kier molecular flexibility index (Phi) is 52.1. The van der Waals surface area contributed by atoms with E-state index in [4.69, 9.17) is 9.05 Å². The lowest BCUT2D eigenvalue weighted by molar-refractivity contribution is -0.122. The van der Waals surface area contributed by atoms with Crippen LogP contribution in [-0.4, -0.2) is 62.1 Å². The van der Waals surface area contributed by atoms with Crippen molar-refractivity contribution in [1.29, 1.82) is 0 Å². The Labute approximate surface area is 343 Å². The van der Waals surface area contributed by atoms with Crippen LogP contribution in [0.3, 0.4) is 0 Å². The summed E-state index contributed by atoms with van der Waals surface area (Å²) >= 11 is 0. The lowest BCUT2D eigenvalue weighted by atomic mass is 10.0. The molecule has 332 valence electrons. The Bertz CT molecular complexity index is 817. The molecule has 3 N–H and O–H groups in total. The van der Waals surface area contributed by atoms with Gasteiger partial charge in [0.05, 0.1) is 6.61 Å². The molecular weight excluding hydrogens is 709 g/mol. The summed E-state index contributed by atoms with van der Waals surface area (Å²) in [5, 5.41) is 5.36. The molecule has 0 saturated carbocycles. The Balaban J connectivity index is -0.000000991. The highest BCUT2D eigenvalue weighted by Crippen LogP contribution is 2.42. The topological polar surface area (TPSA) is 117 Å². The largest absolute Gasteiger partial charge is 0.473 e. The summed E-state index contributed by atoms with van der Waals surface area (Å²) in [4.78, 5) is 34.4. The fourth-order valence-corrected chi connectivity index (χ4v) is 6.87. The number of rotatable bonds is 40. The van der Waals surface area contributed by atoms with Crippen molar-refractivity contribution in [3.63, 3.8) is 0 Å². The van der Waals surface area contributed by atoms with Gasteiger partial charge in [0.2, 0.25) is 11.8 Å². The number of carbonyl (C=O) groups is 2. The molecule has 0 aromatic rings. The molecule has 0 aliphatic heterocycles. The smallest absolute Gasteiger partial charge is 0.356 e. The third-order valence-electron chi connectivity index (χ3n) is 9.68. The highest BCUT2D eigenvalue weighted by molar-refractivity contribution is 7.47. The van der Waals surface area contributed by atoms with Crippen LogP contribution in [0.5, 0.6) is 0 Å². The SMILES string of the molecule is CC.CCCCCCCCCCCCCCCCCC(=O)NCC.CCCCCCCCCCCCCCCCCC(=O)NCOP(=O)(O)OCCN(C)C. The first-order valence-electron chi connectivity index (χ1n) is 23.5. The monoisotopic (exact) mass is 806 g/mol. The van der Waals surface area contributed by atoms with Gasteiger partial charge in [0, 0.05) is 25.9 Å². The molecule has 55 heavy (non-hydrogen) atoms. The van der Waals surface area contributed by atoms with Crippen molar-refractivity contribution in [1.82, 2.24) is 15.5 Å². The summed E-state index contributed by atoms with van der Waals surface area (Å²) in [6, 6.07) is 0. The molecule has 1 unspecified atom stereocenters. The third-order valence-corrected chi connectivity index (χ3v) is 10.6. The van der Waals surface area contributed by atoms with Gasteiger partial charge in [-0.3, -0.25) is 18.6 Å². The van der Waals surface area contributed by atoms with E-state index >= 15 is 0 Å². The predicted molar refractivity (Wildman–Crippen MR) is 238 cm³/mol. The quantitative estimate of drug-likeness (QED) is 0.0321. The second-order valence-corrected chi connectivity index (χ2v) is 16.8. The van der Waals surface area contributed by atoms with Crippen molar-refractivity contribution in [2.75, 3.05) is 40.5 Å². The average molecular weight is 806 g/mol. The van der Waals surface area contributed by atoms with Crippen molar-refractivity contribution in [2.24, 2.45) is 0 Å². The van der Waals surface area contributed by atoms with Crippen LogP contribution < -0.4 is 10.6 Å². The molecule has 0 rings (SSSR count). The minimum atomic E-state index is -4.11. The molecule has 10 heteroatoms. The van der Waals surface area contributed by atoms with Gasteiger partial charge in [-0.25, -0.2) is 4.57 Å². The molecular formula is C45H96N3O6P. The highest BCUT2D eigenvalue weighted by Gasteiger charge is 2.21. The normalized spacial score (nSPS) is 12.0. The number of nitrogens with one attached hydrogen (secondary N) is 2. The van der Waals surface area contributed by atoms with Crippen LogP contribution >= 0.6 is 7.82 Å². The summed E-state index contributed by atoms with van der Waals surface area (Å²) < 4.78 is 21.2. The van der Waals surface area contributed by atoms with Gasteiger partial charge in [-0.05, 0) is 33.9 Å². The van der Waals surface area contributed by atoms with Crippen molar-refractivity contribution in [3.8, 4) is 0 Å². The molecule has 0 radical (unpaired) electrons. The molecule has 0 spiro atoms. The van der Waals surface area contributed by atoms with Gasteiger partial charge < -0.3 is 20.4 Å². The Hall–Kier alpha value is -0.990. The number of phosphoric ester groups is 1. The second kappa shape index (κ2) is 49.2. The van der Waals surface area contributed by atoms with Crippen LogP contribution in [0.1, 0.15) is 240 Å². The van der Waals surface area contributed by atoms with Crippen molar-refractivity contribution in [3.05, 3.63) is 0 Å². The number of hydrogen-bond donors (Lipinski definition) is 3. The summed E-state index contributed by atoms with van der Waals surface area (Å²) in [6.07, 6.45) is 41.0. The van der Waals surface area contributed by atoms with Gasteiger partial charge >= 0.3 is 7.82 Å². The fraction of sp³-hybridized carbons (Fsp3) is 0.956. The van der Waals surface area contributed by atoms with Crippen molar-refractivity contribution in [2.45, 2.75) is 240 Å². The van der Waals surface area contributed by atoms with Gasteiger partial charge in [0.15, 0.2) is 0 Å². The number of unbranched alkanes of at least 4 members (excludes halogenated alkanes) is 28. The van der Waals surface area contributed by atoms with Gasteiger partial charge in [-0.1, -0.05) is 207 Å². The zero-order valence-electron chi connectivity index (χ0n) is 37.8. The summed E-state index contributed by atoms with van der Waals surface area (Å²) in [7, 11) is -0.433. The molecule has 0 saturated heterocycles. The maximum Gasteiger partial charge on any atom is 0.473 e. The van der Waals surface area contributed by atoms with E-state index in [0.29, 0.717) is 19.4 Å². The molecule has 0 heterocycles. The van der Waals surface area contributed by atoms with Crippen LogP contribution in [0.25, 0.3) is 0 Å². The fourth-order valence-electron chi connectivity index (χ4n) is 6.26. The van der Waals surface area contributed by atoms with Gasteiger partial charge in [0.1, 0.15) is 6.73 Å². The molecule has 0 bridgehead atoms. The summed E-state index contributed by atoms with van der Waals surface area (Å²) in [5.74, 6) is 0.0557. The Morgan fingerprint density at radius 1 is 0.491 bits per heavy atom. The van der Waals surface area contributed by atoms with E-state index in [9.17, 15) is 19.0 Å². The van der Waals surface area contributed by atoms with E-state index in [0.717, 1.165) is 32.2 Å². The van der Waals surface area contributed by atoms with E-state index in [-0.39, 0.29) is 25.2 Å². The molecule has 2 amide bonds. The van der Waals surface area contributed by atoms with Crippen LogP contribution in [-0.2, 0) is 23.2 Å². The molecule has 9 nitrogen and oxygen atoms in total. The minimum absolute atomic E-state index is 0.0911. The zero-order chi connectivity index (χ0) is 41.5. The maximum atomic E-state index is 11.8. The molecule has 0 aromatic heterocycles. The summed E-state index contributed by atoms with van der Waals surface area (Å²) in [6.45, 7) is 11.6. The summed E-state index contributed by atoms with van der Waals surface area (Å²) in [5.41, 5.74) is 0. The lowest BCUT2D eigenvalue weighted by Crippen LogP contribution is -2.25. The predicted octanol–water partition coefficient (Wildman–Crippen LogP) is 13.4. The standard InChI is InChI=1S/C23H49N2O5P.C20H41NO.C2H6/c1-4-5-6-7-8-9-10-11-12-13-14-15-16-17-18-19-23(26)24-22-30-31(27,28)29-21-20-25(2)3;1-3-5-6-7-8-9-10-11-12-13-14-15-16-17-18-19-20(22)21-4-2;1-2/h4-22H2,1-3H3,(H,24,26)(H,27,28);3-19H2,1-2H3,(H,21,22);1-2H3. The van der Waals surface area contributed by atoms with Crippen LogP contribution in [0.4, 0.5) is 0 Å². The number of nitrogens with zero attached hydrogens (tertiary/aromatic N) is 1. The van der Waals surface area contributed by atoms with Crippen molar-refractivity contribution < 1.29 is 28.1 Å². The van der Waals surface area contributed by atoms with Gasteiger partial charge in [-0.2, -0.15) is 0 Å². The Morgan fingerprint density at radius 3 is 1.07 bits per heavy atom. The molecule has 0 fully saturated rings. The van der Waals surface area contributed by atoms with Crippen molar-refractivity contribution >= 4 is 19.6 Å². The maximum absolute atomic E-state index is 11.8. The zero-order valence-corrected chi connectivity index (χ0v) is 38.7. The molecule has 0 aromatic carbocycles. The lowest BCUT2D eigenvalue weighted by Gasteiger charge is -2.14. The van der Waals surface area contributed by atoms with Crippen LogP contribution in [0, 0.1) is 0 Å². The molecule has 0 aliphatic carbocycles. The van der Waals surface area contributed by atoms with Gasteiger partial charge in [0.25, 0.3) is 0 Å². The van der Waals surface area contributed by atoms with E-state index < -0.39 is 7.82 Å². The van der Waals surface area contributed by atoms with E-state index in [1.54, 1.807) is 0 Å². The molecule has 1 atom stereocenters. The number of amides is 2. The van der Waals surface area contributed by atoms with E-state index in [1.807, 2.05) is 39.8 Å². The first-order chi connectivity index (χ1) is 26.7. The number of phosphoric acid groups is 1. The van der Waals surface area contributed by atoms with Crippen LogP contribution in [0.15, 0.2) is 0 Å². The van der Waals surface area contributed by atoms with E-state index in [2.05, 4.69) is 24.5 Å². The van der Waals surface area contributed by atoms with Gasteiger partial charge in [-0.15, -0.1) is 0 Å². The Morgan fingerprint density at radius 2 is 0.782 bits per heavy atom. The molecule has 0 aliphatic rings. The number of carbonyl (C=O) groups excluding carboxylic acids is 2. The van der Waals surface area contributed by atoms with E-state index in [1.165, 1.54) is 167 Å². The minimum Gasteiger partial charge on any atom is -0.356 e. The number of hydrogen-bond acceptors (Lipinski definition) is 6.